The molecule has 2 rings (SSSR count). The highest BCUT2D eigenvalue weighted by molar-refractivity contribution is 6.09. The van der Waals surface area contributed by atoms with Crippen LogP contribution in [0.1, 0.15) is 25.6 Å². The van der Waals surface area contributed by atoms with Crippen molar-refractivity contribution >= 4 is 5.71 Å². The fraction of sp³-hybridized carbons (Fsp3) is 0.333. The Morgan fingerprint density at radius 1 is 1.62 bits per heavy atom. The van der Waals surface area contributed by atoms with Gasteiger partial charge in [0.25, 0.3) is 5.56 Å². The van der Waals surface area contributed by atoms with Crippen molar-refractivity contribution < 1.29 is 0 Å². The molecule has 0 radical (unpaired) electrons. The molecule has 1 aliphatic heterocycles. The molecule has 1 aliphatic rings. The van der Waals surface area contributed by atoms with Crippen molar-refractivity contribution in [2.45, 2.75) is 19.9 Å². The molecule has 0 bridgehead atoms. The van der Waals surface area contributed by atoms with Gasteiger partial charge < -0.3 is 0 Å². The van der Waals surface area contributed by atoms with Crippen LogP contribution in [0.15, 0.2) is 22.5 Å². The molecule has 4 nitrogen and oxygen atoms in total. The maximum absolute atomic E-state index is 11.1. The highest BCUT2D eigenvalue weighted by Gasteiger charge is 2.19. The molecule has 4 heteroatoms. The van der Waals surface area contributed by atoms with Gasteiger partial charge in [-0.3, -0.25) is 20.0 Å². The summed E-state index contributed by atoms with van der Waals surface area (Å²) in [5.74, 6) is 0. The van der Waals surface area contributed by atoms with Crippen LogP contribution in [0.4, 0.5) is 0 Å². The molecule has 1 aromatic rings. The third-order valence-corrected chi connectivity index (χ3v) is 2.31. The minimum atomic E-state index is -0.144. The first kappa shape index (κ1) is 8.04. The number of allylic oxidation sites excluding steroid dienone is 2. The zero-order chi connectivity index (χ0) is 9.59. The first-order chi connectivity index (χ1) is 6.09. The Balaban J connectivity index is 2.67. The molecule has 0 saturated carbocycles. The Morgan fingerprint density at radius 2 is 2.31 bits per heavy atom. The Morgan fingerprint density at radius 3 is 3.00 bits per heavy atom. The number of rotatable bonds is 0. The highest BCUT2D eigenvalue weighted by atomic mass is 16.1. The van der Waals surface area contributed by atoms with Crippen LogP contribution in [0.5, 0.6) is 0 Å². The predicted octanol–water partition coefficient (Wildman–Crippen LogP) is 1.07. The zero-order valence-electron chi connectivity index (χ0n) is 7.59. The number of hydrogen-bond acceptors (Lipinski definition) is 2. The third kappa shape index (κ3) is 1.06. The lowest BCUT2D eigenvalue weighted by molar-refractivity contribution is 0.563. The van der Waals surface area contributed by atoms with Gasteiger partial charge in [0.1, 0.15) is 0 Å². The number of fused-ring (bicyclic) bond motifs is 1. The smallest absolute Gasteiger partial charge is 0.264 e. The van der Waals surface area contributed by atoms with E-state index in [1.54, 1.807) is 4.68 Å². The Bertz CT molecular complexity index is 450. The first-order valence-corrected chi connectivity index (χ1v) is 4.19. The lowest BCUT2D eigenvalue weighted by atomic mass is 10.0. The maximum atomic E-state index is 11.1. The molecular weight excluding hydrogens is 166 g/mol. The van der Waals surface area contributed by atoms with Gasteiger partial charge >= 0.3 is 0 Å². The number of nitrogens with one attached hydrogen (secondary N) is 2. The van der Waals surface area contributed by atoms with Crippen molar-refractivity contribution in [2.24, 2.45) is 0 Å². The quantitative estimate of drug-likeness (QED) is 0.611. The second-order valence-corrected chi connectivity index (χ2v) is 3.34. The van der Waals surface area contributed by atoms with Crippen molar-refractivity contribution in [3.8, 4) is 0 Å². The predicted molar refractivity (Wildman–Crippen MR) is 50.3 cm³/mol. The molecule has 13 heavy (non-hydrogen) atoms. The number of hydrogen-bond donors (Lipinski definition) is 2. The third-order valence-electron chi connectivity index (χ3n) is 2.31. The molecule has 0 spiro atoms. The van der Waals surface area contributed by atoms with E-state index in [1.807, 2.05) is 19.9 Å². The largest absolute Gasteiger partial charge is 0.298 e. The second-order valence-electron chi connectivity index (χ2n) is 3.34. The summed E-state index contributed by atoms with van der Waals surface area (Å²) in [6.07, 6.45) is 1.96. The molecule has 1 unspecified atom stereocenters. The Labute approximate surface area is 75.4 Å². The molecule has 0 aliphatic carbocycles. The Kier molecular flexibility index (Phi) is 1.52. The van der Waals surface area contributed by atoms with Crippen molar-refractivity contribution in [3.05, 3.63) is 33.8 Å². The molecule has 68 valence electrons. The van der Waals surface area contributed by atoms with E-state index >= 15 is 0 Å². The van der Waals surface area contributed by atoms with Gasteiger partial charge in [0.15, 0.2) is 0 Å². The molecule has 0 aromatic carbocycles. The Hall–Kier alpha value is -1.58. The molecule has 1 atom stereocenters. The van der Waals surface area contributed by atoms with Gasteiger partial charge in [-0.25, -0.2) is 0 Å². The van der Waals surface area contributed by atoms with Crippen molar-refractivity contribution in [3.63, 3.8) is 0 Å². The van der Waals surface area contributed by atoms with E-state index in [-0.39, 0.29) is 11.6 Å². The van der Waals surface area contributed by atoms with E-state index in [2.05, 4.69) is 5.10 Å². The van der Waals surface area contributed by atoms with Gasteiger partial charge in [0, 0.05) is 6.07 Å². The number of nitrogens with zero attached hydrogens (tertiary/aromatic N) is 1. The summed E-state index contributed by atoms with van der Waals surface area (Å²) < 4.78 is 1.72. The van der Waals surface area contributed by atoms with Gasteiger partial charge in [0.05, 0.1) is 17.4 Å². The topological polar surface area (TPSA) is 61.6 Å². The molecule has 1 aromatic heterocycles. The summed E-state index contributed by atoms with van der Waals surface area (Å²) in [5.41, 5.74) is 1.88. The monoisotopic (exact) mass is 177 g/mol. The minimum Gasteiger partial charge on any atom is -0.298 e. The van der Waals surface area contributed by atoms with E-state index in [4.69, 9.17) is 5.41 Å². The molecule has 0 fully saturated rings. The van der Waals surface area contributed by atoms with Crippen LogP contribution in [-0.2, 0) is 0 Å². The van der Waals surface area contributed by atoms with Crippen molar-refractivity contribution in [1.29, 1.82) is 5.41 Å². The van der Waals surface area contributed by atoms with Crippen LogP contribution in [0, 0.1) is 5.41 Å². The van der Waals surface area contributed by atoms with E-state index in [9.17, 15) is 4.79 Å². The average molecular weight is 177 g/mol. The summed E-state index contributed by atoms with van der Waals surface area (Å²) in [5, 5.41) is 10.4. The molecule has 2 N–H and O–H groups in total. The molecule has 2 heterocycles. The standard InChI is InChI=1S/C9H11N3O/c1-5-3-6(2)12-7(9(5)10)4-8(13)11-12/h3-4,6,10H,1-2H3,(H,11,13). The van der Waals surface area contributed by atoms with Gasteiger partial charge in [-0.1, -0.05) is 6.08 Å². The van der Waals surface area contributed by atoms with Gasteiger partial charge in [-0.2, -0.15) is 0 Å². The zero-order valence-corrected chi connectivity index (χ0v) is 7.59. The SMILES string of the molecule is CC1=CC(C)n2[nH]c(=O)cc2C1=N. The highest BCUT2D eigenvalue weighted by Crippen LogP contribution is 2.20. The number of H-pyrrole nitrogens is 1. The van der Waals surface area contributed by atoms with E-state index < -0.39 is 0 Å². The van der Waals surface area contributed by atoms with Crippen LogP contribution >= 0.6 is 0 Å². The lowest BCUT2D eigenvalue weighted by Gasteiger charge is -2.20. The van der Waals surface area contributed by atoms with Crippen molar-refractivity contribution in [2.75, 3.05) is 0 Å². The van der Waals surface area contributed by atoms with Crippen LogP contribution in [0.25, 0.3) is 0 Å². The normalized spacial score (nSPS) is 21.2. The number of aromatic nitrogens is 2. The number of aromatic amines is 1. The average Bonchev–Trinajstić information content (AvgIpc) is 2.44. The van der Waals surface area contributed by atoms with E-state index in [1.165, 1.54) is 6.07 Å². The lowest BCUT2D eigenvalue weighted by Crippen LogP contribution is -2.20. The van der Waals surface area contributed by atoms with Crippen LogP contribution < -0.4 is 5.56 Å². The van der Waals surface area contributed by atoms with Crippen LogP contribution in [-0.4, -0.2) is 15.5 Å². The van der Waals surface area contributed by atoms with Gasteiger partial charge in [0.2, 0.25) is 0 Å². The summed E-state index contributed by atoms with van der Waals surface area (Å²) in [6, 6.07) is 1.60. The summed E-state index contributed by atoms with van der Waals surface area (Å²) in [7, 11) is 0. The van der Waals surface area contributed by atoms with Crippen molar-refractivity contribution in [1.82, 2.24) is 9.78 Å². The fourth-order valence-electron chi connectivity index (χ4n) is 1.64. The molecule has 0 saturated heterocycles. The van der Waals surface area contributed by atoms with Crippen LogP contribution in [0.3, 0.4) is 0 Å². The van der Waals surface area contributed by atoms with Gasteiger partial charge in [-0.05, 0) is 19.4 Å². The van der Waals surface area contributed by atoms with E-state index in [0.717, 1.165) is 5.57 Å². The van der Waals surface area contributed by atoms with Gasteiger partial charge in [-0.15, -0.1) is 0 Å². The second kappa shape index (κ2) is 2.45. The fourth-order valence-corrected chi connectivity index (χ4v) is 1.64. The molecule has 0 amide bonds. The first-order valence-electron chi connectivity index (χ1n) is 4.19. The molecular formula is C9H11N3O. The van der Waals surface area contributed by atoms with E-state index in [0.29, 0.717) is 11.4 Å². The summed E-state index contributed by atoms with van der Waals surface area (Å²) in [4.78, 5) is 11.1. The minimum absolute atomic E-state index is 0.131. The summed E-state index contributed by atoms with van der Waals surface area (Å²) >= 11 is 0. The van der Waals surface area contributed by atoms with Crippen LogP contribution in [0.2, 0.25) is 0 Å². The summed E-state index contributed by atoms with van der Waals surface area (Å²) in [6.45, 7) is 3.87. The maximum Gasteiger partial charge on any atom is 0.264 e.